The largest absolute Gasteiger partial charge is 0.481 e. The van der Waals surface area contributed by atoms with Gasteiger partial charge >= 0.3 is 5.97 Å². The monoisotopic (exact) mass is 302 g/mol. The minimum Gasteiger partial charge on any atom is -0.481 e. The molecule has 1 aromatic carbocycles. The lowest BCUT2D eigenvalue weighted by Gasteiger charge is -2.44. The van der Waals surface area contributed by atoms with Gasteiger partial charge in [0, 0.05) is 51.1 Å². The molecule has 5 heteroatoms. The van der Waals surface area contributed by atoms with Crippen LogP contribution in [0.1, 0.15) is 12.0 Å². The van der Waals surface area contributed by atoms with Gasteiger partial charge in [0.2, 0.25) is 0 Å². The highest BCUT2D eigenvalue weighted by atomic mass is 16.4. The van der Waals surface area contributed by atoms with Gasteiger partial charge in [-0.25, -0.2) is 0 Å². The van der Waals surface area contributed by atoms with Gasteiger partial charge in [0.1, 0.15) is 5.78 Å². The molecular weight excluding hydrogens is 280 g/mol. The van der Waals surface area contributed by atoms with Crippen LogP contribution in [-0.4, -0.2) is 59.4 Å². The number of hydrogen-bond acceptors (Lipinski definition) is 4. The van der Waals surface area contributed by atoms with Crippen LogP contribution in [0, 0.1) is 11.8 Å². The Labute approximate surface area is 130 Å². The zero-order valence-electron chi connectivity index (χ0n) is 12.6. The molecule has 2 fully saturated rings. The first-order valence-electron chi connectivity index (χ1n) is 7.86. The van der Waals surface area contributed by atoms with Gasteiger partial charge in [0.25, 0.3) is 0 Å². The number of carboxylic acid groups (broad SMARTS) is 1. The standard InChI is InChI=1S/C17H22N2O3/c20-16(21)6-7-18-9-14-11-19(12-15(10-18)17(14)22)8-13-4-2-1-3-5-13/h1-5,14-15H,6-12H2,(H,20,21). The first kappa shape index (κ1) is 15.2. The van der Waals surface area contributed by atoms with Crippen molar-refractivity contribution in [3.63, 3.8) is 0 Å². The number of aliphatic carboxylic acids is 1. The highest BCUT2D eigenvalue weighted by Crippen LogP contribution is 2.26. The summed E-state index contributed by atoms with van der Waals surface area (Å²) in [5, 5.41) is 8.80. The van der Waals surface area contributed by atoms with Crippen molar-refractivity contribution in [2.75, 3.05) is 32.7 Å². The highest BCUT2D eigenvalue weighted by molar-refractivity contribution is 5.85. The molecule has 2 unspecified atom stereocenters. The topological polar surface area (TPSA) is 60.9 Å². The van der Waals surface area contributed by atoms with E-state index in [-0.39, 0.29) is 18.3 Å². The third-order valence-electron chi connectivity index (χ3n) is 4.61. The van der Waals surface area contributed by atoms with Crippen molar-refractivity contribution in [1.82, 2.24) is 9.80 Å². The number of Topliss-reactive ketones (excluding diaryl/α,β-unsaturated/α-hetero) is 1. The molecule has 0 aromatic heterocycles. The first-order chi connectivity index (χ1) is 10.6. The Kier molecular flexibility index (Phi) is 4.55. The molecule has 118 valence electrons. The molecule has 2 atom stereocenters. The van der Waals surface area contributed by atoms with Crippen LogP contribution in [0.25, 0.3) is 0 Å². The lowest BCUT2D eigenvalue weighted by atomic mass is 9.83. The Balaban J connectivity index is 1.59. The molecule has 0 saturated carbocycles. The van der Waals surface area contributed by atoms with Crippen LogP contribution in [0.4, 0.5) is 0 Å². The van der Waals surface area contributed by atoms with E-state index in [4.69, 9.17) is 5.11 Å². The average Bonchev–Trinajstić information content (AvgIpc) is 2.48. The third kappa shape index (κ3) is 3.54. The maximum atomic E-state index is 12.3. The van der Waals surface area contributed by atoms with Gasteiger partial charge in [-0.3, -0.25) is 14.5 Å². The molecule has 0 spiro atoms. The fraction of sp³-hybridized carbons (Fsp3) is 0.529. The molecule has 2 aliphatic heterocycles. The number of nitrogens with zero attached hydrogens (tertiary/aromatic N) is 2. The predicted octanol–water partition coefficient (Wildman–Crippen LogP) is 1.09. The van der Waals surface area contributed by atoms with E-state index < -0.39 is 5.97 Å². The molecule has 2 aliphatic rings. The number of benzene rings is 1. The lowest BCUT2D eigenvalue weighted by molar-refractivity contribution is -0.139. The Morgan fingerprint density at radius 1 is 1.05 bits per heavy atom. The second-order valence-corrected chi connectivity index (χ2v) is 6.38. The number of carbonyl (C=O) groups excluding carboxylic acids is 1. The molecule has 2 heterocycles. The van der Waals surface area contributed by atoms with Crippen LogP contribution in [0.15, 0.2) is 30.3 Å². The van der Waals surface area contributed by atoms with Gasteiger partial charge in [0.15, 0.2) is 0 Å². The van der Waals surface area contributed by atoms with Crippen molar-refractivity contribution in [3.05, 3.63) is 35.9 Å². The summed E-state index contributed by atoms with van der Waals surface area (Å²) in [5.41, 5.74) is 1.28. The highest BCUT2D eigenvalue weighted by Gasteiger charge is 2.40. The lowest BCUT2D eigenvalue weighted by Crippen LogP contribution is -2.58. The number of likely N-dealkylation sites (tertiary alicyclic amines) is 2. The third-order valence-corrected chi connectivity index (χ3v) is 4.61. The van der Waals surface area contributed by atoms with Crippen LogP contribution in [0.2, 0.25) is 0 Å². The number of carbonyl (C=O) groups is 2. The number of fused-ring (bicyclic) bond motifs is 2. The number of rotatable bonds is 5. The molecule has 2 saturated heterocycles. The molecule has 2 bridgehead atoms. The Morgan fingerprint density at radius 2 is 1.64 bits per heavy atom. The quantitative estimate of drug-likeness (QED) is 0.882. The molecule has 0 radical (unpaired) electrons. The second-order valence-electron chi connectivity index (χ2n) is 6.38. The fourth-order valence-corrected chi connectivity index (χ4v) is 3.61. The SMILES string of the molecule is O=C(O)CCN1CC2CN(Cc3ccccc3)CC(C1)C2=O. The second kappa shape index (κ2) is 6.58. The number of carboxylic acids is 1. The minimum atomic E-state index is -0.771. The maximum Gasteiger partial charge on any atom is 0.304 e. The van der Waals surface area contributed by atoms with E-state index in [2.05, 4.69) is 21.9 Å². The van der Waals surface area contributed by atoms with Crippen molar-refractivity contribution < 1.29 is 14.7 Å². The summed E-state index contributed by atoms with van der Waals surface area (Å²) in [6, 6.07) is 10.3. The first-order valence-corrected chi connectivity index (χ1v) is 7.86. The fourth-order valence-electron chi connectivity index (χ4n) is 3.61. The van der Waals surface area contributed by atoms with Gasteiger partial charge in [-0.05, 0) is 5.56 Å². The predicted molar refractivity (Wildman–Crippen MR) is 82.4 cm³/mol. The summed E-state index contributed by atoms with van der Waals surface area (Å²) in [6.45, 7) is 4.41. The van der Waals surface area contributed by atoms with Crippen LogP contribution < -0.4 is 0 Å². The summed E-state index contributed by atoms with van der Waals surface area (Å²) < 4.78 is 0. The van der Waals surface area contributed by atoms with Crippen molar-refractivity contribution in [1.29, 1.82) is 0 Å². The van der Waals surface area contributed by atoms with E-state index >= 15 is 0 Å². The van der Waals surface area contributed by atoms with Crippen molar-refractivity contribution in [2.24, 2.45) is 11.8 Å². The van der Waals surface area contributed by atoms with E-state index in [0.29, 0.717) is 25.4 Å². The van der Waals surface area contributed by atoms with Crippen molar-refractivity contribution in [2.45, 2.75) is 13.0 Å². The number of piperidine rings is 2. The van der Waals surface area contributed by atoms with Crippen molar-refractivity contribution in [3.8, 4) is 0 Å². The maximum absolute atomic E-state index is 12.3. The molecule has 1 N–H and O–H groups in total. The molecule has 5 nitrogen and oxygen atoms in total. The van der Waals surface area contributed by atoms with E-state index in [1.165, 1.54) is 5.56 Å². The Hall–Kier alpha value is -1.72. The van der Waals surface area contributed by atoms with E-state index in [9.17, 15) is 9.59 Å². The van der Waals surface area contributed by atoms with Crippen molar-refractivity contribution >= 4 is 11.8 Å². The molecule has 0 aliphatic carbocycles. The van der Waals surface area contributed by atoms with E-state index in [0.717, 1.165) is 19.6 Å². The average molecular weight is 302 g/mol. The zero-order valence-corrected chi connectivity index (χ0v) is 12.6. The molecule has 22 heavy (non-hydrogen) atoms. The molecule has 1 aromatic rings. The van der Waals surface area contributed by atoms with Gasteiger partial charge in [-0.1, -0.05) is 30.3 Å². The van der Waals surface area contributed by atoms with Gasteiger partial charge in [-0.15, -0.1) is 0 Å². The summed E-state index contributed by atoms with van der Waals surface area (Å²) in [5.74, 6) is -0.335. The number of ketones is 1. The van der Waals surface area contributed by atoms with Crippen LogP contribution in [0.3, 0.4) is 0 Å². The summed E-state index contributed by atoms with van der Waals surface area (Å²) >= 11 is 0. The Morgan fingerprint density at radius 3 is 2.23 bits per heavy atom. The summed E-state index contributed by atoms with van der Waals surface area (Å²) in [7, 11) is 0. The smallest absolute Gasteiger partial charge is 0.304 e. The van der Waals surface area contributed by atoms with Gasteiger partial charge in [0.05, 0.1) is 6.42 Å². The van der Waals surface area contributed by atoms with Gasteiger partial charge in [-0.2, -0.15) is 0 Å². The van der Waals surface area contributed by atoms with Crippen LogP contribution >= 0.6 is 0 Å². The zero-order chi connectivity index (χ0) is 15.5. The molecular formula is C17H22N2O3. The van der Waals surface area contributed by atoms with Crippen LogP contribution in [0.5, 0.6) is 0 Å². The van der Waals surface area contributed by atoms with E-state index in [1.54, 1.807) is 0 Å². The normalized spacial score (nSPS) is 26.1. The molecule has 3 rings (SSSR count). The summed E-state index contributed by atoms with van der Waals surface area (Å²) in [4.78, 5) is 27.5. The summed E-state index contributed by atoms with van der Waals surface area (Å²) in [6.07, 6.45) is 0.154. The Bertz CT molecular complexity index is 528. The van der Waals surface area contributed by atoms with Gasteiger partial charge < -0.3 is 10.0 Å². The molecule has 0 amide bonds. The minimum absolute atomic E-state index is 0.0324. The van der Waals surface area contributed by atoms with E-state index in [1.807, 2.05) is 18.2 Å². The number of hydrogen-bond donors (Lipinski definition) is 1. The van der Waals surface area contributed by atoms with Crippen LogP contribution in [-0.2, 0) is 16.1 Å².